The lowest BCUT2D eigenvalue weighted by Crippen LogP contribution is -2.35. The van der Waals surface area contributed by atoms with Crippen molar-refractivity contribution in [2.45, 2.75) is 20.4 Å². The monoisotopic (exact) mass is 256 g/mol. The maximum atomic E-state index is 11.5. The summed E-state index contributed by atoms with van der Waals surface area (Å²) in [6.07, 6.45) is 0.991. The van der Waals surface area contributed by atoms with E-state index in [1.54, 1.807) is 0 Å². The van der Waals surface area contributed by atoms with E-state index in [4.69, 9.17) is 0 Å². The Hall–Kier alpha value is -1.96. The first-order chi connectivity index (χ1) is 8.49. The van der Waals surface area contributed by atoms with Gasteiger partial charge in [-0.05, 0) is 13.1 Å². The van der Waals surface area contributed by atoms with Crippen molar-refractivity contribution in [2.75, 3.05) is 19.6 Å². The number of nitrogens with one attached hydrogen (secondary N) is 1. The van der Waals surface area contributed by atoms with Gasteiger partial charge in [-0.2, -0.15) is 0 Å². The number of hydrogen-bond donors (Lipinski definition) is 1. The summed E-state index contributed by atoms with van der Waals surface area (Å²) >= 11 is 0. The summed E-state index contributed by atoms with van der Waals surface area (Å²) in [5, 5.41) is 10.6. The van der Waals surface area contributed by atoms with Gasteiger partial charge in [0.2, 0.25) is 0 Å². The van der Waals surface area contributed by atoms with Gasteiger partial charge >= 0.3 is 16.9 Å². The first-order valence-electron chi connectivity index (χ1n) is 5.70. The molecule has 1 rings (SSSR count). The Morgan fingerprint density at radius 1 is 1.39 bits per heavy atom. The van der Waals surface area contributed by atoms with E-state index < -0.39 is 21.9 Å². The van der Waals surface area contributed by atoms with Crippen LogP contribution in [0.4, 0.5) is 5.69 Å². The Bertz CT molecular complexity index is 529. The fourth-order valence-corrected chi connectivity index (χ4v) is 1.58. The van der Waals surface area contributed by atoms with Crippen molar-refractivity contribution in [3.63, 3.8) is 0 Å². The molecule has 0 aliphatic rings. The van der Waals surface area contributed by atoms with Crippen LogP contribution in [-0.2, 0) is 6.54 Å². The second-order valence-corrected chi connectivity index (χ2v) is 3.75. The van der Waals surface area contributed by atoms with Gasteiger partial charge in [-0.25, -0.2) is 4.79 Å². The fourth-order valence-electron chi connectivity index (χ4n) is 1.58. The third kappa shape index (κ3) is 3.27. The highest BCUT2D eigenvalue weighted by atomic mass is 16.6. The maximum Gasteiger partial charge on any atom is 0.350 e. The van der Waals surface area contributed by atoms with Gasteiger partial charge in [0, 0.05) is 13.1 Å². The van der Waals surface area contributed by atoms with Crippen LogP contribution >= 0.6 is 0 Å². The zero-order chi connectivity index (χ0) is 13.7. The molecule has 100 valence electrons. The van der Waals surface area contributed by atoms with Crippen molar-refractivity contribution >= 4 is 5.69 Å². The maximum absolute atomic E-state index is 11.5. The molecule has 0 saturated carbocycles. The Morgan fingerprint density at radius 2 is 2.00 bits per heavy atom. The summed E-state index contributed by atoms with van der Waals surface area (Å²) in [5.74, 6) is 0. The summed E-state index contributed by atoms with van der Waals surface area (Å²) in [4.78, 5) is 36.4. The van der Waals surface area contributed by atoms with Crippen LogP contribution in [-0.4, -0.2) is 39.0 Å². The second-order valence-electron chi connectivity index (χ2n) is 3.75. The molecule has 0 amide bonds. The van der Waals surface area contributed by atoms with Gasteiger partial charge < -0.3 is 4.90 Å². The molecular formula is C10H16N4O4. The third-order valence-electron chi connectivity index (χ3n) is 2.74. The Balaban J connectivity index is 2.96. The highest BCUT2D eigenvalue weighted by Crippen LogP contribution is 1.99. The minimum atomic E-state index is -0.968. The Morgan fingerprint density at radius 3 is 2.50 bits per heavy atom. The van der Waals surface area contributed by atoms with Gasteiger partial charge in [0.1, 0.15) is 0 Å². The van der Waals surface area contributed by atoms with E-state index in [1.165, 1.54) is 0 Å². The highest BCUT2D eigenvalue weighted by Gasteiger charge is 2.14. The molecule has 0 aromatic carbocycles. The fraction of sp³-hybridized carbons (Fsp3) is 0.600. The van der Waals surface area contributed by atoms with Gasteiger partial charge in [0.15, 0.2) is 0 Å². The van der Waals surface area contributed by atoms with E-state index >= 15 is 0 Å². The van der Waals surface area contributed by atoms with Crippen LogP contribution in [0.25, 0.3) is 0 Å². The quantitative estimate of drug-likeness (QED) is 0.560. The van der Waals surface area contributed by atoms with Gasteiger partial charge in [0.05, 0.1) is 11.1 Å². The standard InChI is InChI=1S/C10H16N4O4/c1-3-12(4-2)5-6-13-7-8(14(17)18)9(15)11-10(13)16/h7H,3-6H2,1-2H3,(H,11,15,16). The van der Waals surface area contributed by atoms with Crippen LogP contribution in [0, 0.1) is 10.1 Å². The molecular weight excluding hydrogens is 240 g/mol. The SMILES string of the molecule is CCN(CC)CCn1cc([N+](=O)[O-])c(=O)[nH]c1=O. The van der Waals surface area contributed by atoms with Gasteiger partial charge in [-0.3, -0.25) is 24.5 Å². The Kier molecular flexibility index (Phi) is 4.78. The molecule has 0 bridgehead atoms. The van der Waals surface area contributed by atoms with Crippen LogP contribution in [0.1, 0.15) is 13.8 Å². The second kappa shape index (κ2) is 6.10. The summed E-state index contributed by atoms with van der Waals surface area (Å²) < 4.78 is 1.15. The number of aromatic nitrogens is 2. The van der Waals surface area contributed by atoms with E-state index in [1.807, 2.05) is 18.8 Å². The number of hydrogen-bond acceptors (Lipinski definition) is 5. The molecule has 8 nitrogen and oxygen atoms in total. The van der Waals surface area contributed by atoms with Crippen LogP contribution in [0.2, 0.25) is 0 Å². The minimum absolute atomic E-state index is 0.304. The number of nitrogens with zero attached hydrogens (tertiary/aromatic N) is 3. The molecule has 1 N–H and O–H groups in total. The topological polar surface area (TPSA) is 101 Å². The lowest BCUT2D eigenvalue weighted by atomic mass is 10.4. The van der Waals surface area contributed by atoms with E-state index in [2.05, 4.69) is 4.90 Å². The van der Waals surface area contributed by atoms with Gasteiger partial charge in [0.25, 0.3) is 0 Å². The number of nitro groups is 1. The highest BCUT2D eigenvalue weighted by molar-refractivity contribution is 5.20. The molecule has 0 fully saturated rings. The molecule has 0 unspecified atom stereocenters. The van der Waals surface area contributed by atoms with Crippen molar-refractivity contribution in [3.8, 4) is 0 Å². The minimum Gasteiger partial charge on any atom is -0.302 e. The number of aromatic amines is 1. The summed E-state index contributed by atoms with van der Waals surface area (Å²) in [6.45, 7) is 6.53. The zero-order valence-electron chi connectivity index (χ0n) is 10.4. The molecule has 0 aliphatic carbocycles. The van der Waals surface area contributed by atoms with Crippen molar-refractivity contribution < 1.29 is 4.92 Å². The van der Waals surface area contributed by atoms with Crippen LogP contribution < -0.4 is 11.2 Å². The molecule has 1 aromatic heterocycles. The van der Waals surface area contributed by atoms with Crippen molar-refractivity contribution in [1.29, 1.82) is 0 Å². The molecule has 0 spiro atoms. The summed E-state index contributed by atoms with van der Waals surface area (Å²) in [6, 6.07) is 0. The normalized spacial score (nSPS) is 10.8. The number of rotatable bonds is 6. The van der Waals surface area contributed by atoms with E-state index in [-0.39, 0.29) is 0 Å². The predicted octanol–water partition coefficient (Wildman–Crippen LogP) is -0.213. The molecule has 0 radical (unpaired) electrons. The first kappa shape index (κ1) is 14.1. The van der Waals surface area contributed by atoms with Gasteiger partial charge in [-0.1, -0.05) is 13.8 Å². The summed E-state index contributed by atoms with van der Waals surface area (Å²) in [7, 11) is 0. The smallest absolute Gasteiger partial charge is 0.302 e. The average molecular weight is 256 g/mol. The first-order valence-corrected chi connectivity index (χ1v) is 5.70. The zero-order valence-corrected chi connectivity index (χ0v) is 10.4. The largest absolute Gasteiger partial charge is 0.350 e. The number of H-pyrrole nitrogens is 1. The molecule has 0 saturated heterocycles. The molecule has 18 heavy (non-hydrogen) atoms. The van der Waals surface area contributed by atoms with Crippen molar-refractivity contribution in [3.05, 3.63) is 37.1 Å². The lowest BCUT2D eigenvalue weighted by molar-refractivity contribution is -0.386. The van der Waals surface area contributed by atoms with E-state index in [0.29, 0.717) is 13.1 Å². The third-order valence-corrected chi connectivity index (χ3v) is 2.74. The van der Waals surface area contributed by atoms with E-state index in [9.17, 15) is 19.7 Å². The number of likely N-dealkylation sites (N-methyl/N-ethyl adjacent to an activating group) is 1. The van der Waals surface area contributed by atoms with Crippen LogP contribution in [0.3, 0.4) is 0 Å². The Labute approximate surface area is 103 Å². The average Bonchev–Trinajstić information content (AvgIpc) is 2.32. The summed E-state index contributed by atoms with van der Waals surface area (Å²) in [5.41, 5.74) is -2.21. The van der Waals surface area contributed by atoms with Crippen LogP contribution in [0.15, 0.2) is 15.8 Å². The van der Waals surface area contributed by atoms with E-state index in [0.717, 1.165) is 23.9 Å². The lowest BCUT2D eigenvalue weighted by Gasteiger charge is -2.17. The molecule has 0 atom stereocenters. The molecule has 1 aromatic rings. The molecule has 8 heteroatoms. The predicted molar refractivity (Wildman–Crippen MR) is 65.8 cm³/mol. The van der Waals surface area contributed by atoms with Crippen LogP contribution in [0.5, 0.6) is 0 Å². The van der Waals surface area contributed by atoms with Crippen molar-refractivity contribution in [2.24, 2.45) is 0 Å². The molecule has 0 aliphatic heterocycles. The van der Waals surface area contributed by atoms with Crippen molar-refractivity contribution in [1.82, 2.24) is 14.5 Å². The van der Waals surface area contributed by atoms with Gasteiger partial charge in [-0.15, -0.1) is 0 Å². The molecule has 1 heterocycles.